The Bertz CT molecular complexity index is 792. The van der Waals surface area contributed by atoms with Crippen LogP contribution in [0.25, 0.3) is 10.9 Å². The number of morpholine rings is 1. The van der Waals surface area contributed by atoms with E-state index in [0.29, 0.717) is 17.6 Å². The molecule has 0 radical (unpaired) electrons. The molecule has 0 N–H and O–H groups in total. The first-order valence-electron chi connectivity index (χ1n) is 9.03. The molecule has 126 valence electrons. The first-order chi connectivity index (χ1) is 11.7. The molecule has 0 amide bonds. The van der Waals surface area contributed by atoms with Crippen molar-refractivity contribution in [2.24, 2.45) is 5.41 Å². The van der Waals surface area contributed by atoms with E-state index in [1.807, 2.05) is 18.3 Å². The predicted molar refractivity (Wildman–Crippen MR) is 93.2 cm³/mol. The van der Waals surface area contributed by atoms with Crippen molar-refractivity contribution < 1.29 is 9.47 Å². The number of benzene rings is 1. The van der Waals surface area contributed by atoms with E-state index in [1.54, 1.807) is 7.11 Å². The maximum atomic E-state index is 6.60. The number of hydrogen-bond acceptors (Lipinski definition) is 4. The maximum absolute atomic E-state index is 6.60. The minimum absolute atomic E-state index is 0.150. The Morgan fingerprint density at radius 1 is 1.33 bits per heavy atom. The Morgan fingerprint density at radius 2 is 2.25 bits per heavy atom. The minimum Gasteiger partial charge on any atom is -0.497 e. The summed E-state index contributed by atoms with van der Waals surface area (Å²) in [6.07, 6.45) is 6.19. The Balaban J connectivity index is 1.61. The molecule has 3 saturated heterocycles. The van der Waals surface area contributed by atoms with Gasteiger partial charge in [-0.05, 0) is 54.5 Å². The van der Waals surface area contributed by atoms with E-state index < -0.39 is 0 Å². The summed E-state index contributed by atoms with van der Waals surface area (Å²) in [5.41, 5.74) is 2.76. The molecule has 1 aromatic heterocycles. The zero-order chi connectivity index (χ0) is 16.3. The van der Waals surface area contributed by atoms with Crippen molar-refractivity contribution in [3.63, 3.8) is 0 Å². The molecule has 0 spiro atoms. The lowest BCUT2D eigenvalue weighted by Gasteiger charge is -2.44. The summed E-state index contributed by atoms with van der Waals surface area (Å²) >= 11 is 0. The van der Waals surface area contributed by atoms with Gasteiger partial charge in [0.25, 0.3) is 0 Å². The lowest BCUT2D eigenvalue weighted by atomic mass is 9.77. The lowest BCUT2D eigenvalue weighted by Crippen LogP contribution is -2.51. The van der Waals surface area contributed by atoms with Gasteiger partial charge in [-0.2, -0.15) is 0 Å². The van der Waals surface area contributed by atoms with Gasteiger partial charge in [0.1, 0.15) is 5.75 Å². The maximum Gasteiger partial charge on any atom is 0.119 e. The summed E-state index contributed by atoms with van der Waals surface area (Å²) in [5, 5.41) is 1.17. The fourth-order valence-electron chi connectivity index (χ4n) is 5.23. The average molecular weight is 324 g/mol. The molecular weight excluding hydrogens is 300 g/mol. The lowest BCUT2D eigenvalue weighted by molar-refractivity contribution is -0.125. The number of piperidine rings is 1. The molecule has 5 rings (SSSR count). The minimum atomic E-state index is 0.150. The molecule has 3 fully saturated rings. The molecule has 4 heteroatoms. The second-order valence-electron chi connectivity index (χ2n) is 7.72. The van der Waals surface area contributed by atoms with Gasteiger partial charge >= 0.3 is 0 Å². The topological polar surface area (TPSA) is 34.6 Å². The van der Waals surface area contributed by atoms with E-state index in [9.17, 15) is 0 Å². The van der Waals surface area contributed by atoms with Crippen LogP contribution >= 0.6 is 0 Å². The van der Waals surface area contributed by atoms with Crippen LogP contribution in [0.5, 0.6) is 5.75 Å². The fraction of sp³-hybridized carbons (Fsp3) is 0.550. The van der Waals surface area contributed by atoms with Crippen LogP contribution in [0.3, 0.4) is 0 Å². The van der Waals surface area contributed by atoms with Crippen LogP contribution in [0.1, 0.15) is 37.9 Å². The van der Waals surface area contributed by atoms with Crippen molar-refractivity contribution >= 4 is 10.9 Å². The van der Waals surface area contributed by atoms with Gasteiger partial charge in [-0.3, -0.25) is 9.88 Å². The summed E-state index contributed by atoms with van der Waals surface area (Å²) in [4.78, 5) is 7.21. The number of methoxy groups -OCH3 is 1. The van der Waals surface area contributed by atoms with E-state index in [-0.39, 0.29) is 6.10 Å². The SMILES string of the molecule is CCC12CC3CN(C1)C(C2)[C@H](c1ccnc2ccc(OC)cc12)O3. The largest absolute Gasteiger partial charge is 0.497 e. The molecule has 4 nitrogen and oxygen atoms in total. The number of aromatic nitrogens is 1. The van der Waals surface area contributed by atoms with Crippen molar-refractivity contribution in [3.05, 3.63) is 36.0 Å². The number of fused-ring (bicyclic) bond motifs is 3. The van der Waals surface area contributed by atoms with Crippen LogP contribution in [-0.4, -0.2) is 42.2 Å². The second kappa shape index (κ2) is 5.17. The highest BCUT2D eigenvalue weighted by Gasteiger charge is 2.55. The molecule has 4 heterocycles. The van der Waals surface area contributed by atoms with Gasteiger partial charge in [0, 0.05) is 30.7 Å². The van der Waals surface area contributed by atoms with Gasteiger partial charge in [-0.1, -0.05) is 6.92 Å². The van der Waals surface area contributed by atoms with Crippen molar-refractivity contribution in [3.8, 4) is 5.75 Å². The van der Waals surface area contributed by atoms with Crippen LogP contribution in [0, 0.1) is 5.41 Å². The van der Waals surface area contributed by atoms with Crippen molar-refractivity contribution in [1.29, 1.82) is 0 Å². The zero-order valence-electron chi connectivity index (χ0n) is 14.4. The van der Waals surface area contributed by atoms with E-state index >= 15 is 0 Å². The van der Waals surface area contributed by atoms with Gasteiger partial charge in [0.15, 0.2) is 0 Å². The Labute approximate surface area is 142 Å². The number of rotatable bonds is 3. The van der Waals surface area contributed by atoms with Crippen molar-refractivity contribution in [2.45, 2.75) is 44.4 Å². The smallest absolute Gasteiger partial charge is 0.119 e. The molecule has 1 aromatic carbocycles. The normalized spacial score (nSPS) is 37.1. The van der Waals surface area contributed by atoms with Gasteiger partial charge < -0.3 is 9.47 Å². The first-order valence-corrected chi connectivity index (χ1v) is 9.03. The van der Waals surface area contributed by atoms with Crippen molar-refractivity contribution in [1.82, 2.24) is 9.88 Å². The summed E-state index contributed by atoms with van der Waals surface area (Å²) < 4.78 is 12.0. The standard InChI is InChI=1S/C20H24N2O2/c1-3-20-9-14-11-22(12-20)18(10-20)19(24-14)15-6-7-21-17-5-4-13(23-2)8-16(15)17/h4-8,14,18-19H,3,9-12H2,1-2H3/t14?,18?,19-,20?/m0/s1. The highest BCUT2D eigenvalue weighted by atomic mass is 16.5. The van der Waals surface area contributed by atoms with Gasteiger partial charge in [-0.15, -0.1) is 0 Å². The number of hydrogen-bond donors (Lipinski definition) is 0. The fourth-order valence-corrected chi connectivity index (χ4v) is 5.23. The van der Waals surface area contributed by atoms with E-state index in [0.717, 1.165) is 17.8 Å². The third-order valence-electron chi connectivity index (χ3n) is 6.48. The van der Waals surface area contributed by atoms with Gasteiger partial charge in [-0.25, -0.2) is 0 Å². The van der Waals surface area contributed by atoms with Crippen molar-refractivity contribution in [2.75, 3.05) is 20.2 Å². The molecular formula is C20H24N2O2. The highest BCUT2D eigenvalue weighted by Crippen LogP contribution is 2.54. The Hall–Kier alpha value is -1.65. The molecule has 2 aromatic rings. The molecule has 5 atom stereocenters. The third kappa shape index (κ3) is 2.02. The number of nitrogens with zero attached hydrogens (tertiary/aromatic N) is 2. The van der Waals surface area contributed by atoms with Crippen LogP contribution in [0.15, 0.2) is 30.5 Å². The Kier molecular flexibility index (Phi) is 3.16. The monoisotopic (exact) mass is 324 g/mol. The van der Waals surface area contributed by atoms with E-state index in [4.69, 9.17) is 9.47 Å². The first kappa shape index (κ1) is 14.7. The quantitative estimate of drug-likeness (QED) is 0.865. The molecule has 0 aliphatic carbocycles. The van der Waals surface area contributed by atoms with E-state index in [1.165, 1.54) is 36.8 Å². The second-order valence-corrected chi connectivity index (χ2v) is 7.72. The highest BCUT2D eigenvalue weighted by molar-refractivity contribution is 5.84. The average Bonchev–Trinajstić information content (AvgIpc) is 2.82. The van der Waals surface area contributed by atoms with Crippen LogP contribution in [-0.2, 0) is 4.74 Å². The van der Waals surface area contributed by atoms with Crippen LogP contribution in [0.2, 0.25) is 0 Å². The summed E-state index contributed by atoms with van der Waals surface area (Å²) in [6, 6.07) is 8.77. The molecule has 3 aliphatic heterocycles. The molecule has 24 heavy (non-hydrogen) atoms. The van der Waals surface area contributed by atoms with Gasteiger partial charge in [0.05, 0.1) is 24.8 Å². The molecule has 4 unspecified atom stereocenters. The van der Waals surface area contributed by atoms with Crippen LogP contribution < -0.4 is 4.74 Å². The summed E-state index contributed by atoms with van der Waals surface area (Å²) in [7, 11) is 1.72. The predicted octanol–water partition coefficient (Wildman–Crippen LogP) is 3.56. The third-order valence-corrected chi connectivity index (χ3v) is 6.48. The number of ether oxygens (including phenoxy) is 2. The molecule has 3 bridgehead atoms. The van der Waals surface area contributed by atoms with Crippen LogP contribution in [0.4, 0.5) is 0 Å². The molecule has 3 aliphatic rings. The summed E-state index contributed by atoms with van der Waals surface area (Å²) in [5.74, 6) is 0.880. The molecule has 0 saturated carbocycles. The van der Waals surface area contributed by atoms with E-state index in [2.05, 4.69) is 28.9 Å². The zero-order valence-corrected chi connectivity index (χ0v) is 14.4. The summed E-state index contributed by atoms with van der Waals surface area (Å²) in [6.45, 7) is 4.70. The Morgan fingerprint density at radius 3 is 3.08 bits per heavy atom. The number of pyridine rings is 1. The van der Waals surface area contributed by atoms with Gasteiger partial charge in [0.2, 0.25) is 0 Å².